The summed E-state index contributed by atoms with van der Waals surface area (Å²) in [7, 11) is 1.54. The predicted molar refractivity (Wildman–Crippen MR) is 73.6 cm³/mol. The molecule has 1 amide bonds. The number of halogens is 1. The third-order valence-electron chi connectivity index (χ3n) is 3.27. The van der Waals surface area contributed by atoms with E-state index in [0.29, 0.717) is 6.42 Å². The molecule has 0 N–H and O–H groups in total. The van der Waals surface area contributed by atoms with Gasteiger partial charge in [-0.15, -0.1) is 0 Å². The molecule has 0 spiro atoms. The van der Waals surface area contributed by atoms with Crippen molar-refractivity contribution in [3.63, 3.8) is 0 Å². The van der Waals surface area contributed by atoms with Crippen LogP contribution in [0.15, 0.2) is 29.2 Å². The van der Waals surface area contributed by atoms with Crippen molar-refractivity contribution in [2.24, 2.45) is 0 Å². The van der Waals surface area contributed by atoms with Crippen LogP contribution in [0.3, 0.4) is 0 Å². The van der Waals surface area contributed by atoms with Crippen LogP contribution in [0.4, 0.5) is 0 Å². The van der Waals surface area contributed by atoms with Gasteiger partial charge in [-0.25, -0.2) is 8.42 Å². The fourth-order valence-corrected chi connectivity index (χ4v) is 2.97. The standard InChI is InChI=1S/C13H16ClNO3S/c14-19(17,18)12-6-4-11(5-7-12)10-13(16)15-8-2-1-3-9-15/h4-7H,1-3,8-10H2. The monoisotopic (exact) mass is 301 g/mol. The van der Waals surface area contributed by atoms with Crippen molar-refractivity contribution in [1.29, 1.82) is 0 Å². The summed E-state index contributed by atoms with van der Waals surface area (Å²) < 4.78 is 22.2. The van der Waals surface area contributed by atoms with Gasteiger partial charge in [0.25, 0.3) is 9.05 Å². The summed E-state index contributed by atoms with van der Waals surface area (Å²) in [4.78, 5) is 14.0. The Labute approximate surface area is 117 Å². The van der Waals surface area contributed by atoms with Gasteiger partial charge in [0.05, 0.1) is 11.3 Å². The maximum Gasteiger partial charge on any atom is 0.261 e. The first kappa shape index (κ1) is 14.3. The minimum Gasteiger partial charge on any atom is -0.342 e. The van der Waals surface area contributed by atoms with Crippen molar-refractivity contribution >= 4 is 25.6 Å². The zero-order chi connectivity index (χ0) is 13.9. The first-order valence-electron chi connectivity index (χ1n) is 6.28. The fourth-order valence-electron chi connectivity index (χ4n) is 2.20. The molecule has 1 aromatic rings. The number of rotatable bonds is 3. The van der Waals surface area contributed by atoms with Crippen LogP contribution in [0, 0.1) is 0 Å². The Morgan fingerprint density at radius 2 is 1.68 bits per heavy atom. The lowest BCUT2D eigenvalue weighted by molar-refractivity contribution is -0.131. The van der Waals surface area contributed by atoms with E-state index >= 15 is 0 Å². The summed E-state index contributed by atoms with van der Waals surface area (Å²) in [6, 6.07) is 6.14. The number of nitrogens with zero attached hydrogens (tertiary/aromatic N) is 1. The third-order valence-corrected chi connectivity index (χ3v) is 4.64. The van der Waals surface area contributed by atoms with E-state index in [1.165, 1.54) is 18.6 Å². The molecular formula is C13H16ClNO3S. The molecule has 19 heavy (non-hydrogen) atoms. The number of piperidine rings is 1. The molecular weight excluding hydrogens is 286 g/mol. The van der Waals surface area contributed by atoms with Gasteiger partial charge < -0.3 is 4.90 Å². The number of hydrogen-bond donors (Lipinski definition) is 0. The highest BCUT2D eigenvalue weighted by Crippen LogP contribution is 2.16. The maximum atomic E-state index is 12.0. The van der Waals surface area contributed by atoms with Gasteiger partial charge in [0.15, 0.2) is 0 Å². The van der Waals surface area contributed by atoms with Crippen LogP contribution >= 0.6 is 10.7 Å². The highest BCUT2D eigenvalue weighted by Gasteiger charge is 2.17. The van der Waals surface area contributed by atoms with Gasteiger partial charge in [-0.05, 0) is 37.0 Å². The molecule has 0 radical (unpaired) electrons. The molecule has 1 aliphatic rings. The molecule has 0 saturated carbocycles. The van der Waals surface area contributed by atoms with E-state index < -0.39 is 9.05 Å². The van der Waals surface area contributed by atoms with Crippen LogP contribution in [-0.4, -0.2) is 32.3 Å². The molecule has 1 heterocycles. The van der Waals surface area contributed by atoms with Gasteiger partial charge >= 0.3 is 0 Å². The van der Waals surface area contributed by atoms with Crippen LogP contribution in [0.25, 0.3) is 0 Å². The Kier molecular flexibility index (Phi) is 4.47. The normalized spacial score (nSPS) is 16.4. The van der Waals surface area contributed by atoms with Gasteiger partial charge in [-0.1, -0.05) is 12.1 Å². The molecule has 0 bridgehead atoms. The Morgan fingerprint density at radius 3 is 2.21 bits per heavy atom. The second-order valence-electron chi connectivity index (χ2n) is 4.70. The van der Waals surface area contributed by atoms with Crippen molar-refractivity contribution < 1.29 is 13.2 Å². The number of amides is 1. The zero-order valence-corrected chi connectivity index (χ0v) is 12.1. The molecule has 1 saturated heterocycles. The topological polar surface area (TPSA) is 54.5 Å². The zero-order valence-electron chi connectivity index (χ0n) is 10.5. The first-order valence-corrected chi connectivity index (χ1v) is 8.59. The molecule has 104 valence electrons. The van der Waals surface area contributed by atoms with Crippen molar-refractivity contribution in [2.45, 2.75) is 30.6 Å². The average Bonchev–Trinajstić information content (AvgIpc) is 2.39. The summed E-state index contributed by atoms with van der Waals surface area (Å²) in [5.41, 5.74) is 0.805. The second-order valence-corrected chi connectivity index (χ2v) is 7.27. The lowest BCUT2D eigenvalue weighted by Crippen LogP contribution is -2.36. The highest BCUT2D eigenvalue weighted by atomic mass is 35.7. The van der Waals surface area contributed by atoms with Crippen molar-refractivity contribution in [3.8, 4) is 0 Å². The molecule has 2 rings (SSSR count). The number of carbonyl (C=O) groups is 1. The summed E-state index contributed by atoms with van der Waals surface area (Å²) in [5, 5.41) is 0. The quantitative estimate of drug-likeness (QED) is 0.804. The molecule has 4 nitrogen and oxygen atoms in total. The van der Waals surface area contributed by atoms with Crippen molar-refractivity contribution in [3.05, 3.63) is 29.8 Å². The van der Waals surface area contributed by atoms with E-state index in [-0.39, 0.29) is 10.8 Å². The molecule has 6 heteroatoms. The number of likely N-dealkylation sites (tertiary alicyclic amines) is 1. The predicted octanol–water partition coefficient (Wildman–Crippen LogP) is 2.17. The van der Waals surface area contributed by atoms with Gasteiger partial charge in [0.1, 0.15) is 0 Å². The van der Waals surface area contributed by atoms with Gasteiger partial charge in [0, 0.05) is 23.8 Å². The van der Waals surface area contributed by atoms with Crippen LogP contribution in [0.2, 0.25) is 0 Å². The highest BCUT2D eigenvalue weighted by molar-refractivity contribution is 8.13. The molecule has 1 fully saturated rings. The molecule has 0 aromatic heterocycles. The van der Waals surface area contributed by atoms with Crippen LogP contribution in [-0.2, 0) is 20.3 Å². The molecule has 1 aromatic carbocycles. The minimum absolute atomic E-state index is 0.0586. The number of carbonyl (C=O) groups excluding carboxylic acids is 1. The fraction of sp³-hybridized carbons (Fsp3) is 0.462. The summed E-state index contributed by atoms with van der Waals surface area (Å²) >= 11 is 0. The minimum atomic E-state index is -3.69. The largest absolute Gasteiger partial charge is 0.342 e. The van der Waals surface area contributed by atoms with E-state index in [9.17, 15) is 13.2 Å². The third kappa shape index (κ3) is 3.94. The lowest BCUT2D eigenvalue weighted by Gasteiger charge is -2.26. The Balaban J connectivity index is 2.01. The summed E-state index contributed by atoms with van der Waals surface area (Å²) in [6.45, 7) is 1.65. The van der Waals surface area contributed by atoms with Gasteiger partial charge in [0.2, 0.25) is 5.91 Å². The van der Waals surface area contributed by atoms with E-state index in [0.717, 1.165) is 31.5 Å². The Hall–Kier alpha value is -1.07. The van der Waals surface area contributed by atoms with Crippen LogP contribution < -0.4 is 0 Å². The Bertz CT molecular complexity index is 548. The SMILES string of the molecule is O=C(Cc1ccc(S(=O)(=O)Cl)cc1)N1CCCCC1. The molecule has 1 aliphatic heterocycles. The van der Waals surface area contributed by atoms with E-state index in [4.69, 9.17) is 10.7 Å². The molecule has 0 atom stereocenters. The maximum absolute atomic E-state index is 12.0. The molecule has 0 unspecified atom stereocenters. The van der Waals surface area contributed by atoms with E-state index in [2.05, 4.69) is 0 Å². The van der Waals surface area contributed by atoms with Crippen LogP contribution in [0.5, 0.6) is 0 Å². The van der Waals surface area contributed by atoms with Crippen LogP contribution in [0.1, 0.15) is 24.8 Å². The first-order chi connectivity index (χ1) is 8.97. The summed E-state index contributed by atoms with van der Waals surface area (Å²) in [6.07, 6.45) is 3.62. The smallest absolute Gasteiger partial charge is 0.261 e. The number of benzene rings is 1. The number of hydrogen-bond acceptors (Lipinski definition) is 3. The average molecular weight is 302 g/mol. The van der Waals surface area contributed by atoms with Gasteiger partial charge in [-0.3, -0.25) is 4.79 Å². The Morgan fingerprint density at radius 1 is 1.11 bits per heavy atom. The van der Waals surface area contributed by atoms with Gasteiger partial charge in [-0.2, -0.15) is 0 Å². The molecule has 0 aliphatic carbocycles. The van der Waals surface area contributed by atoms with E-state index in [1.807, 2.05) is 4.90 Å². The van der Waals surface area contributed by atoms with Crippen molar-refractivity contribution in [1.82, 2.24) is 4.90 Å². The van der Waals surface area contributed by atoms with E-state index in [1.54, 1.807) is 12.1 Å². The second kappa shape index (κ2) is 5.92. The summed E-state index contributed by atoms with van der Waals surface area (Å²) in [5.74, 6) is 0.0983. The lowest BCUT2D eigenvalue weighted by atomic mass is 10.1. The van der Waals surface area contributed by atoms with Crippen molar-refractivity contribution in [2.75, 3.05) is 13.1 Å².